The van der Waals surface area contributed by atoms with Gasteiger partial charge in [0.15, 0.2) is 5.82 Å². The van der Waals surface area contributed by atoms with E-state index in [2.05, 4.69) is 28.5 Å². The smallest absolute Gasteiger partial charge is 0.380 e. The quantitative estimate of drug-likeness (QED) is 0.309. The number of aromatic nitrogens is 3. The molecule has 2 aliphatic rings. The van der Waals surface area contributed by atoms with Crippen LogP contribution in [-0.4, -0.2) is 26.2 Å². The zero-order valence-electron chi connectivity index (χ0n) is 21.9. The number of anilines is 2. The van der Waals surface area contributed by atoms with E-state index in [1.807, 2.05) is 13.1 Å². The predicted octanol–water partition coefficient (Wildman–Crippen LogP) is 6.55. The van der Waals surface area contributed by atoms with Gasteiger partial charge in [-0.05, 0) is 91.4 Å². The van der Waals surface area contributed by atoms with E-state index in [1.54, 1.807) is 41.2 Å². The van der Waals surface area contributed by atoms with Gasteiger partial charge in [-0.1, -0.05) is 6.07 Å². The van der Waals surface area contributed by atoms with Crippen LogP contribution in [0.25, 0.3) is 22.5 Å². The average molecular weight is 543 g/mol. The predicted molar refractivity (Wildman–Crippen MR) is 144 cm³/mol. The van der Waals surface area contributed by atoms with E-state index in [-0.39, 0.29) is 23.2 Å². The number of rotatable bonds is 5. The molecule has 1 N–H and O–H groups in total. The van der Waals surface area contributed by atoms with Crippen molar-refractivity contribution in [1.82, 2.24) is 14.8 Å². The molecule has 0 atom stereocenters. The second-order valence-electron chi connectivity index (χ2n) is 10.7. The second kappa shape index (κ2) is 9.23. The number of alkyl halides is 3. The van der Waals surface area contributed by atoms with Crippen LogP contribution in [0.3, 0.4) is 0 Å². The van der Waals surface area contributed by atoms with Gasteiger partial charge < -0.3 is 14.8 Å². The van der Waals surface area contributed by atoms with Crippen molar-refractivity contribution in [2.75, 3.05) is 10.2 Å². The minimum atomic E-state index is -4.57. The molecule has 202 valence electrons. The summed E-state index contributed by atoms with van der Waals surface area (Å²) in [6.45, 7) is 1.93. The molecule has 10 heteroatoms. The SMILES string of the molecule is Cn1cnnc1-c1ccc(C#N)cc1-c1cc(NC2(C)CCC2)cc(N2Cc3c(cccc3C(F)(F)F)C2=O)c1. The molecule has 0 bridgehead atoms. The first-order valence-electron chi connectivity index (χ1n) is 12.9. The van der Waals surface area contributed by atoms with Gasteiger partial charge in [0.25, 0.3) is 5.91 Å². The Morgan fingerprint density at radius 3 is 2.50 bits per heavy atom. The van der Waals surface area contributed by atoms with Gasteiger partial charge in [-0.25, -0.2) is 0 Å². The van der Waals surface area contributed by atoms with Crippen LogP contribution in [-0.2, 0) is 19.8 Å². The molecule has 0 spiro atoms. The van der Waals surface area contributed by atoms with Gasteiger partial charge >= 0.3 is 6.18 Å². The first-order valence-corrected chi connectivity index (χ1v) is 12.9. The van der Waals surface area contributed by atoms with Crippen LogP contribution in [0.5, 0.6) is 0 Å². The zero-order chi connectivity index (χ0) is 28.2. The molecule has 4 aromatic rings. The van der Waals surface area contributed by atoms with E-state index in [9.17, 15) is 23.2 Å². The Morgan fingerprint density at radius 2 is 1.85 bits per heavy atom. The molecule has 1 aliphatic carbocycles. The summed E-state index contributed by atoms with van der Waals surface area (Å²) in [4.78, 5) is 14.8. The van der Waals surface area contributed by atoms with Crippen molar-refractivity contribution in [3.8, 4) is 28.6 Å². The lowest BCUT2D eigenvalue weighted by Gasteiger charge is -2.40. The van der Waals surface area contributed by atoms with Gasteiger partial charge in [-0.3, -0.25) is 4.79 Å². The van der Waals surface area contributed by atoms with Gasteiger partial charge in [0, 0.05) is 35.1 Å². The van der Waals surface area contributed by atoms with Crippen molar-refractivity contribution < 1.29 is 18.0 Å². The number of carbonyl (C=O) groups is 1. The molecular formula is C30H25F3N6O. The molecule has 0 unspecified atom stereocenters. The number of amides is 1. The third-order valence-electron chi connectivity index (χ3n) is 7.82. The molecule has 0 saturated heterocycles. The fourth-order valence-electron chi connectivity index (χ4n) is 5.56. The maximum atomic E-state index is 13.8. The fraction of sp³-hybridized carbons (Fsp3) is 0.267. The fourth-order valence-corrected chi connectivity index (χ4v) is 5.56. The number of carbonyl (C=O) groups excluding carboxylic acids is 1. The number of aryl methyl sites for hydroxylation is 1. The van der Waals surface area contributed by atoms with Crippen molar-refractivity contribution >= 4 is 17.3 Å². The molecule has 6 rings (SSSR count). The highest BCUT2D eigenvalue weighted by Gasteiger charge is 2.40. The number of hydrogen-bond donors (Lipinski definition) is 1. The van der Waals surface area contributed by atoms with Crippen LogP contribution >= 0.6 is 0 Å². The molecule has 1 aliphatic heterocycles. The highest BCUT2D eigenvalue weighted by Crippen LogP contribution is 2.42. The first kappa shape index (κ1) is 25.6. The largest absolute Gasteiger partial charge is 0.416 e. The van der Waals surface area contributed by atoms with Crippen molar-refractivity contribution in [1.29, 1.82) is 5.26 Å². The van der Waals surface area contributed by atoms with Crippen molar-refractivity contribution in [3.05, 3.63) is 83.2 Å². The van der Waals surface area contributed by atoms with E-state index >= 15 is 0 Å². The Balaban J connectivity index is 1.51. The molecule has 1 amide bonds. The molecule has 7 nitrogen and oxygen atoms in total. The molecule has 1 fully saturated rings. The maximum absolute atomic E-state index is 13.8. The molecule has 40 heavy (non-hydrogen) atoms. The Bertz CT molecular complexity index is 1700. The number of nitriles is 1. The number of fused-ring (bicyclic) bond motifs is 1. The van der Waals surface area contributed by atoms with Crippen LogP contribution < -0.4 is 10.2 Å². The normalized spacial score (nSPS) is 15.9. The second-order valence-corrected chi connectivity index (χ2v) is 10.7. The van der Waals surface area contributed by atoms with Gasteiger partial charge in [-0.15, -0.1) is 10.2 Å². The summed E-state index contributed by atoms with van der Waals surface area (Å²) in [5.41, 5.74) is 2.84. The van der Waals surface area contributed by atoms with E-state index < -0.39 is 17.6 Å². The van der Waals surface area contributed by atoms with Gasteiger partial charge in [0.1, 0.15) is 6.33 Å². The highest BCUT2D eigenvalue weighted by atomic mass is 19.4. The number of halogens is 3. The Labute approximate surface area is 228 Å². The highest BCUT2D eigenvalue weighted by molar-refractivity contribution is 6.11. The summed E-state index contributed by atoms with van der Waals surface area (Å²) in [5, 5.41) is 21.5. The first-order chi connectivity index (χ1) is 19.1. The molecule has 2 heterocycles. The summed E-state index contributed by atoms with van der Waals surface area (Å²) < 4.78 is 43.1. The molecule has 1 aromatic heterocycles. The Morgan fingerprint density at radius 1 is 1.05 bits per heavy atom. The van der Waals surface area contributed by atoms with E-state index in [0.717, 1.165) is 36.6 Å². The Hall–Kier alpha value is -4.65. The van der Waals surface area contributed by atoms with Crippen LogP contribution in [0.15, 0.2) is 60.9 Å². The molecular weight excluding hydrogens is 517 g/mol. The van der Waals surface area contributed by atoms with Crippen LogP contribution in [0, 0.1) is 11.3 Å². The minimum absolute atomic E-state index is 0.0304. The summed E-state index contributed by atoms with van der Waals surface area (Å²) in [5.74, 6) is 0.100. The van der Waals surface area contributed by atoms with Crippen LogP contribution in [0.2, 0.25) is 0 Å². The van der Waals surface area contributed by atoms with Crippen LogP contribution in [0.1, 0.15) is 53.2 Å². The molecule has 3 aromatic carbocycles. The number of nitrogens with zero attached hydrogens (tertiary/aromatic N) is 5. The Kier molecular flexibility index (Phi) is 5.91. The summed E-state index contributed by atoms with van der Waals surface area (Å²) >= 11 is 0. The van der Waals surface area contributed by atoms with Crippen molar-refractivity contribution in [2.45, 2.75) is 44.4 Å². The third kappa shape index (κ3) is 4.37. The summed E-state index contributed by atoms with van der Waals surface area (Å²) in [6, 6.07) is 16.7. The molecule has 1 saturated carbocycles. The molecule has 0 radical (unpaired) electrons. The maximum Gasteiger partial charge on any atom is 0.416 e. The average Bonchev–Trinajstić information content (AvgIpc) is 3.49. The van der Waals surface area contributed by atoms with E-state index in [1.165, 1.54) is 17.0 Å². The standard InChI is InChI=1S/C30H25F3N6O/c1-29(9-4-10-29)36-20-12-19(24-11-18(15-34)7-8-22(24)27-37-35-17-38(27)2)13-21(14-20)39-16-25-23(28(39)40)5-3-6-26(25)30(31,32)33/h3,5-8,11-14,17,36H,4,9-10,16H2,1-2H3. The lowest BCUT2D eigenvalue weighted by atomic mass is 9.78. The number of nitrogens with one attached hydrogen (secondary N) is 1. The van der Waals surface area contributed by atoms with E-state index in [0.29, 0.717) is 28.2 Å². The van der Waals surface area contributed by atoms with Crippen molar-refractivity contribution in [3.63, 3.8) is 0 Å². The third-order valence-corrected chi connectivity index (χ3v) is 7.82. The lowest BCUT2D eigenvalue weighted by molar-refractivity contribution is -0.138. The van der Waals surface area contributed by atoms with Crippen LogP contribution in [0.4, 0.5) is 24.5 Å². The van der Waals surface area contributed by atoms with Crippen molar-refractivity contribution in [2.24, 2.45) is 7.05 Å². The number of hydrogen-bond acceptors (Lipinski definition) is 5. The van der Waals surface area contributed by atoms with E-state index in [4.69, 9.17) is 0 Å². The number of benzene rings is 3. The monoisotopic (exact) mass is 542 g/mol. The topological polar surface area (TPSA) is 86.8 Å². The summed E-state index contributed by atoms with van der Waals surface area (Å²) in [7, 11) is 1.82. The van der Waals surface area contributed by atoms with Gasteiger partial charge in [0.05, 0.1) is 23.7 Å². The minimum Gasteiger partial charge on any atom is -0.380 e. The van der Waals surface area contributed by atoms with Gasteiger partial charge in [0.2, 0.25) is 0 Å². The van der Waals surface area contributed by atoms with Gasteiger partial charge in [-0.2, -0.15) is 18.4 Å². The summed E-state index contributed by atoms with van der Waals surface area (Å²) in [6.07, 6.45) is 0.0539. The zero-order valence-corrected chi connectivity index (χ0v) is 21.9. The lowest BCUT2D eigenvalue weighted by Crippen LogP contribution is -2.41.